The second kappa shape index (κ2) is 9.02. The Labute approximate surface area is 104 Å². The molecule has 3 nitrogen and oxygen atoms in total. The first-order valence-corrected chi connectivity index (χ1v) is 6.15. The van der Waals surface area contributed by atoms with Crippen molar-refractivity contribution in [2.75, 3.05) is 33.5 Å². The van der Waals surface area contributed by atoms with Gasteiger partial charge < -0.3 is 14.2 Å². The first-order chi connectivity index (χ1) is 8.36. The molecule has 0 spiro atoms. The average molecular weight is 238 g/mol. The molecule has 0 bridgehead atoms. The van der Waals surface area contributed by atoms with Crippen LogP contribution in [0.25, 0.3) is 0 Å². The first-order valence-electron chi connectivity index (χ1n) is 6.15. The Hall–Kier alpha value is -1.06. The minimum Gasteiger partial charge on any atom is -0.491 e. The van der Waals surface area contributed by atoms with E-state index in [9.17, 15) is 0 Å². The van der Waals surface area contributed by atoms with Gasteiger partial charge in [0.2, 0.25) is 0 Å². The van der Waals surface area contributed by atoms with Crippen molar-refractivity contribution in [3.05, 3.63) is 29.8 Å². The van der Waals surface area contributed by atoms with Gasteiger partial charge in [0, 0.05) is 20.3 Å². The van der Waals surface area contributed by atoms with E-state index >= 15 is 0 Å². The zero-order valence-corrected chi connectivity index (χ0v) is 10.8. The van der Waals surface area contributed by atoms with E-state index in [1.807, 2.05) is 12.1 Å². The highest BCUT2D eigenvalue weighted by molar-refractivity contribution is 5.27. The van der Waals surface area contributed by atoms with Gasteiger partial charge >= 0.3 is 0 Å². The number of aryl methyl sites for hydroxylation is 1. The first kappa shape index (κ1) is 14.0. The molecule has 0 N–H and O–H groups in total. The van der Waals surface area contributed by atoms with Gasteiger partial charge in [-0.1, -0.05) is 19.1 Å². The number of rotatable bonds is 9. The Balaban J connectivity index is 2.05. The molecule has 0 heterocycles. The Morgan fingerprint density at radius 3 is 2.35 bits per heavy atom. The Morgan fingerprint density at radius 2 is 1.71 bits per heavy atom. The van der Waals surface area contributed by atoms with Crippen molar-refractivity contribution < 1.29 is 14.2 Å². The predicted octanol–water partition coefficient (Wildman–Crippen LogP) is 2.68. The Morgan fingerprint density at radius 1 is 0.941 bits per heavy atom. The van der Waals surface area contributed by atoms with Crippen LogP contribution < -0.4 is 4.74 Å². The Kier molecular flexibility index (Phi) is 7.43. The SMILES string of the molecule is CCc1ccc(OCCOCCCOC)cc1. The third-order valence-electron chi connectivity index (χ3n) is 2.47. The summed E-state index contributed by atoms with van der Waals surface area (Å²) in [6, 6.07) is 8.19. The van der Waals surface area contributed by atoms with Gasteiger partial charge in [-0.3, -0.25) is 0 Å². The molecule has 96 valence electrons. The van der Waals surface area contributed by atoms with Crippen molar-refractivity contribution in [2.45, 2.75) is 19.8 Å². The summed E-state index contributed by atoms with van der Waals surface area (Å²) < 4.78 is 15.9. The van der Waals surface area contributed by atoms with E-state index < -0.39 is 0 Å². The molecule has 1 aromatic carbocycles. The lowest BCUT2D eigenvalue weighted by atomic mass is 10.2. The fourth-order valence-corrected chi connectivity index (χ4v) is 1.45. The van der Waals surface area contributed by atoms with Gasteiger partial charge in [-0.15, -0.1) is 0 Å². The van der Waals surface area contributed by atoms with Gasteiger partial charge in [0.05, 0.1) is 6.61 Å². The summed E-state index contributed by atoms with van der Waals surface area (Å²) in [5.41, 5.74) is 1.33. The van der Waals surface area contributed by atoms with E-state index in [-0.39, 0.29) is 0 Å². The molecule has 17 heavy (non-hydrogen) atoms. The molecule has 0 saturated carbocycles. The smallest absolute Gasteiger partial charge is 0.119 e. The largest absolute Gasteiger partial charge is 0.491 e. The normalized spacial score (nSPS) is 10.5. The minimum absolute atomic E-state index is 0.596. The van der Waals surface area contributed by atoms with Gasteiger partial charge in [-0.25, -0.2) is 0 Å². The number of ether oxygens (including phenoxy) is 3. The van der Waals surface area contributed by atoms with Crippen molar-refractivity contribution in [2.24, 2.45) is 0 Å². The fourth-order valence-electron chi connectivity index (χ4n) is 1.45. The molecule has 1 aromatic rings. The lowest BCUT2D eigenvalue weighted by Gasteiger charge is -2.07. The minimum atomic E-state index is 0.596. The third kappa shape index (κ3) is 6.29. The van der Waals surface area contributed by atoms with Gasteiger partial charge in [-0.2, -0.15) is 0 Å². The molecule has 0 atom stereocenters. The second-order valence-corrected chi connectivity index (χ2v) is 3.80. The quantitative estimate of drug-likeness (QED) is 0.619. The molecule has 3 heteroatoms. The lowest BCUT2D eigenvalue weighted by molar-refractivity contribution is 0.0806. The zero-order chi connectivity index (χ0) is 12.3. The van der Waals surface area contributed by atoms with Crippen LogP contribution in [0.2, 0.25) is 0 Å². The van der Waals surface area contributed by atoms with Crippen LogP contribution in [0.1, 0.15) is 18.9 Å². The highest BCUT2D eigenvalue weighted by Crippen LogP contribution is 2.12. The standard InChI is InChI=1S/C14H22O3/c1-3-13-5-7-14(8-6-13)17-12-11-16-10-4-9-15-2/h5-8H,3-4,9-12H2,1-2H3. The highest BCUT2D eigenvalue weighted by Gasteiger charge is 1.94. The average Bonchev–Trinajstić information content (AvgIpc) is 2.38. The van der Waals surface area contributed by atoms with E-state index in [2.05, 4.69) is 19.1 Å². The number of benzene rings is 1. The zero-order valence-electron chi connectivity index (χ0n) is 10.8. The maximum absolute atomic E-state index is 5.56. The molecule has 0 aliphatic carbocycles. The van der Waals surface area contributed by atoms with Gasteiger partial charge in [0.15, 0.2) is 0 Å². The Bertz CT molecular complexity index is 282. The molecular formula is C14H22O3. The van der Waals surface area contributed by atoms with Crippen molar-refractivity contribution >= 4 is 0 Å². The maximum atomic E-state index is 5.56. The molecule has 0 aliphatic heterocycles. The predicted molar refractivity (Wildman–Crippen MR) is 68.6 cm³/mol. The van der Waals surface area contributed by atoms with Gasteiger partial charge in [0.1, 0.15) is 12.4 Å². The molecule has 0 aromatic heterocycles. The molecular weight excluding hydrogens is 216 g/mol. The van der Waals surface area contributed by atoms with Crippen molar-refractivity contribution in [1.82, 2.24) is 0 Å². The molecule has 1 rings (SSSR count). The molecule has 0 aliphatic rings. The van der Waals surface area contributed by atoms with Crippen LogP contribution in [0.4, 0.5) is 0 Å². The van der Waals surface area contributed by atoms with E-state index in [0.717, 1.165) is 31.8 Å². The van der Waals surface area contributed by atoms with Crippen LogP contribution in [0.3, 0.4) is 0 Å². The van der Waals surface area contributed by atoms with Crippen LogP contribution in [0, 0.1) is 0 Å². The maximum Gasteiger partial charge on any atom is 0.119 e. The summed E-state index contributed by atoms with van der Waals surface area (Å²) >= 11 is 0. The van der Waals surface area contributed by atoms with E-state index in [1.54, 1.807) is 7.11 Å². The van der Waals surface area contributed by atoms with Crippen LogP contribution >= 0.6 is 0 Å². The number of methoxy groups -OCH3 is 1. The van der Waals surface area contributed by atoms with Crippen molar-refractivity contribution in [3.63, 3.8) is 0 Å². The van der Waals surface area contributed by atoms with Crippen LogP contribution in [0.15, 0.2) is 24.3 Å². The summed E-state index contributed by atoms with van der Waals surface area (Å²) in [5, 5.41) is 0. The highest BCUT2D eigenvalue weighted by atomic mass is 16.5. The van der Waals surface area contributed by atoms with Gasteiger partial charge in [-0.05, 0) is 30.5 Å². The topological polar surface area (TPSA) is 27.7 Å². The molecule has 0 fully saturated rings. The monoisotopic (exact) mass is 238 g/mol. The van der Waals surface area contributed by atoms with Crippen LogP contribution in [0.5, 0.6) is 5.75 Å². The summed E-state index contributed by atoms with van der Waals surface area (Å²) in [6.45, 7) is 4.84. The van der Waals surface area contributed by atoms with Crippen molar-refractivity contribution in [3.8, 4) is 5.75 Å². The van der Waals surface area contributed by atoms with E-state index in [1.165, 1.54) is 5.56 Å². The van der Waals surface area contributed by atoms with Crippen LogP contribution in [-0.4, -0.2) is 33.5 Å². The number of hydrogen-bond acceptors (Lipinski definition) is 3. The van der Waals surface area contributed by atoms with E-state index in [0.29, 0.717) is 13.2 Å². The third-order valence-corrected chi connectivity index (χ3v) is 2.47. The molecule has 0 saturated heterocycles. The lowest BCUT2D eigenvalue weighted by Crippen LogP contribution is -2.08. The molecule has 0 amide bonds. The summed E-state index contributed by atoms with van der Waals surface area (Å²) in [5.74, 6) is 0.905. The van der Waals surface area contributed by atoms with Crippen molar-refractivity contribution in [1.29, 1.82) is 0 Å². The summed E-state index contributed by atoms with van der Waals surface area (Å²) in [6.07, 6.45) is 1.99. The molecule has 0 unspecified atom stereocenters. The fraction of sp³-hybridized carbons (Fsp3) is 0.571. The van der Waals surface area contributed by atoms with E-state index in [4.69, 9.17) is 14.2 Å². The number of hydrogen-bond donors (Lipinski definition) is 0. The molecule has 0 radical (unpaired) electrons. The summed E-state index contributed by atoms with van der Waals surface area (Å²) in [7, 11) is 1.70. The second-order valence-electron chi connectivity index (χ2n) is 3.80. The van der Waals surface area contributed by atoms with Crippen LogP contribution in [-0.2, 0) is 15.9 Å². The van der Waals surface area contributed by atoms with Gasteiger partial charge in [0.25, 0.3) is 0 Å². The summed E-state index contributed by atoms with van der Waals surface area (Å²) in [4.78, 5) is 0.